The minimum Gasteiger partial charge on any atom is -0.461 e. The first kappa shape index (κ1) is 33.8. The number of amides is 3. The molecule has 246 valence electrons. The molecule has 1 aliphatic heterocycles. The molecule has 5 unspecified atom stereocenters. The zero-order valence-electron chi connectivity index (χ0n) is 24.8. The second kappa shape index (κ2) is 16.9. The summed E-state index contributed by atoms with van der Waals surface area (Å²) < 4.78 is 22.4. The second-order valence-corrected chi connectivity index (χ2v) is 10.3. The molecule has 0 saturated carbocycles. The normalized spacial score (nSPS) is 19.5. The molecule has 16 nitrogen and oxygen atoms in total. The van der Waals surface area contributed by atoms with Crippen molar-refractivity contribution >= 4 is 24.1 Å². The van der Waals surface area contributed by atoms with Crippen molar-refractivity contribution in [3.63, 3.8) is 0 Å². The molecule has 4 rings (SSSR count). The van der Waals surface area contributed by atoms with Crippen molar-refractivity contribution in [3.05, 3.63) is 83.9 Å². The number of aliphatic hydroxyl groups excluding tert-OH is 2. The summed E-state index contributed by atoms with van der Waals surface area (Å²) in [6.07, 6.45) is -4.71. The Labute approximate surface area is 263 Å². The summed E-state index contributed by atoms with van der Waals surface area (Å²) in [6, 6.07) is 17.0. The summed E-state index contributed by atoms with van der Waals surface area (Å²) in [6.45, 7) is -0.115. The highest BCUT2D eigenvalue weighted by molar-refractivity contribution is 5.88. The highest BCUT2D eigenvalue weighted by Crippen LogP contribution is 2.29. The van der Waals surface area contributed by atoms with Gasteiger partial charge in [-0.2, -0.15) is 0 Å². The molecule has 0 radical (unpaired) electrons. The zero-order chi connectivity index (χ0) is 32.9. The Morgan fingerprint density at radius 3 is 2.13 bits per heavy atom. The van der Waals surface area contributed by atoms with Gasteiger partial charge in [-0.1, -0.05) is 60.7 Å². The molecule has 5 atom stereocenters. The summed E-state index contributed by atoms with van der Waals surface area (Å²) in [5, 5.41) is 29.9. The molecule has 46 heavy (non-hydrogen) atoms. The number of unbranched alkanes of at least 4 members (excludes halogenated alkanes) is 1. The SMILES string of the molecule is NC(=O)c1ncn(C2OC(COC(=O)C(CCCCNC(=O)OCc3ccccc3)NC(=O)OCc3ccccc3)C(O)C2O)n1. The van der Waals surface area contributed by atoms with E-state index in [9.17, 15) is 29.4 Å². The van der Waals surface area contributed by atoms with E-state index in [2.05, 4.69) is 20.7 Å². The number of alkyl carbamates (subject to hydrolysis) is 2. The van der Waals surface area contributed by atoms with Crippen LogP contribution in [0.2, 0.25) is 0 Å². The van der Waals surface area contributed by atoms with Gasteiger partial charge in [-0.05, 0) is 30.4 Å². The predicted octanol–water partition coefficient (Wildman–Crippen LogP) is 0.931. The van der Waals surface area contributed by atoms with E-state index in [0.29, 0.717) is 12.8 Å². The second-order valence-electron chi connectivity index (χ2n) is 10.3. The first-order chi connectivity index (χ1) is 22.2. The molecule has 1 aliphatic rings. The summed E-state index contributed by atoms with van der Waals surface area (Å²) in [5.74, 6) is -2.04. The van der Waals surface area contributed by atoms with E-state index in [1.807, 2.05) is 36.4 Å². The Hall–Kier alpha value is -5.06. The van der Waals surface area contributed by atoms with Crippen molar-refractivity contribution < 1.29 is 48.3 Å². The van der Waals surface area contributed by atoms with Gasteiger partial charge in [0, 0.05) is 6.54 Å². The van der Waals surface area contributed by atoms with Gasteiger partial charge in [0.05, 0.1) is 0 Å². The smallest absolute Gasteiger partial charge is 0.408 e. The zero-order valence-corrected chi connectivity index (χ0v) is 24.8. The van der Waals surface area contributed by atoms with E-state index in [1.54, 1.807) is 24.3 Å². The van der Waals surface area contributed by atoms with E-state index >= 15 is 0 Å². The number of carbonyl (C=O) groups is 4. The Balaban J connectivity index is 1.27. The van der Waals surface area contributed by atoms with E-state index in [1.165, 1.54) is 0 Å². The standard InChI is InChI=1S/C30H36N6O10/c31-25(39)26-33-18-36(35-26)27-24(38)23(37)22(46-27)17-43-28(40)21(34-30(42)45-16-20-11-5-2-6-12-20)13-7-8-14-32-29(41)44-15-19-9-3-1-4-10-19/h1-6,9-12,18,21-24,27,37-38H,7-8,13-17H2,(H2,31,39)(H,32,41)(H,34,42). The van der Waals surface area contributed by atoms with Crippen LogP contribution in [-0.4, -0.2) is 86.5 Å². The lowest BCUT2D eigenvalue weighted by Crippen LogP contribution is -2.43. The van der Waals surface area contributed by atoms with Gasteiger partial charge in [-0.25, -0.2) is 24.0 Å². The van der Waals surface area contributed by atoms with E-state index in [0.717, 1.165) is 22.1 Å². The number of aromatic nitrogens is 3. The predicted molar refractivity (Wildman–Crippen MR) is 157 cm³/mol. The monoisotopic (exact) mass is 640 g/mol. The average molecular weight is 641 g/mol. The maximum Gasteiger partial charge on any atom is 0.408 e. The highest BCUT2D eigenvalue weighted by Gasteiger charge is 2.45. The van der Waals surface area contributed by atoms with Gasteiger partial charge in [0.15, 0.2) is 6.23 Å². The molecule has 3 amide bonds. The third kappa shape index (κ3) is 9.98. The molecule has 0 bridgehead atoms. The van der Waals surface area contributed by atoms with Crippen LogP contribution in [0.5, 0.6) is 0 Å². The van der Waals surface area contributed by atoms with Crippen LogP contribution in [0.25, 0.3) is 0 Å². The molecule has 0 aliphatic carbocycles. The molecule has 1 saturated heterocycles. The largest absolute Gasteiger partial charge is 0.461 e. The summed E-state index contributed by atoms with van der Waals surface area (Å²) in [5.41, 5.74) is 6.75. The third-order valence-corrected chi connectivity index (χ3v) is 6.91. The Morgan fingerprint density at radius 2 is 1.52 bits per heavy atom. The van der Waals surface area contributed by atoms with Crippen LogP contribution in [0.1, 0.15) is 47.2 Å². The Bertz CT molecular complexity index is 1440. The van der Waals surface area contributed by atoms with Crippen molar-refractivity contribution in [1.29, 1.82) is 0 Å². The molecule has 0 spiro atoms. The van der Waals surface area contributed by atoms with Crippen molar-refractivity contribution in [2.45, 2.75) is 63.1 Å². The van der Waals surface area contributed by atoms with Gasteiger partial charge in [-0.3, -0.25) is 4.79 Å². The van der Waals surface area contributed by atoms with Crippen molar-refractivity contribution in [2.24, 2.45) is 5.73 Å². The van der Waals surface area contributed by atoms with Crippen LogP contribution in [0.15, 0.2) is 67.0 Å². The Kier molecular flexibility index (Phi) is 12.4. The summed E-state index contributed by atoms with van der Waals surface area (Å²) in [4.78, 5) is 52.6. The topological polar surface area (TPSA) is 226 Å². The van der Waals surface area contributed by atoms with Crippen LogP contribution in [-0.2, 0) is 37.0 Å². The maximum absolute atomic E-state index is 13.1. The first-order valence-corrected chi connectivity index (χ1v) is 14.5. The fraction of sp³-hybridized carbons (Fsp3) is 0.400. The number of nitrogens with one attached hydrogen (secondary N) is 2. The Morgan fingerprint density at radius 1 is 0.891 bits per heavy atom. The number of carbonyl (C=O) groups excluding carboxylic acids is 4. The van der Waals surface area contributed by atoms with Crippen LogP contribution in [0.3, 0.4) is 0 Å². The number of rotatable bonds is 15. The lowest BCUT2D eigenvalue weighted by Gasteiger charge is -2.20. The fourth-order valence-corrected chi connectivity index (χ4v) is 4.45. The molecular weight excluding hydrogens is 604 g/mol. The number of hydrogen-bond donors (Lipinski definition) is 5. The minimum absolute atomic E-state index is 0.0232. The number of nitrogens with zero attached hydrogens (tertiary/aromatic N) is 3. The van der Waals surface area contributed by atoms with Gasteiger partial charge in [-0.15, -0.1) is 5.10 Å². The van der Waals surface area contributed by atoms with Gasteiger partial charge in [0.25, 0.3) is 5.91 Å². The van der Waals surface area contributed by atoms with Crippen LogP contribution in [0, 0.1) is 0 Å². The minimum atomic E-state index is -1.49. The van der Waals surface area contributed by atoms with Crippen LogP contribution >= 0.6 is 0 Å². The lowest BCUT2D eigenvalue weighted by atomic mass is 10.1. The molecule has 1 fully saturated rings. The number of nitrogens with two attached hydrogens (primary N) is 1. The van der Waals surface area contributed by atoms with Crippen LogP contribution < -0.4 is 16.4 Å². The van der Waals surface area contributed by atoms with Crippen LogP contribution in [0.4, 0.5) is 9.59 Å². The average Bonchev–Trinajstić information content (AvgIpc) is 3.66. The lowest BCUT2D eigenvalue weighted by molar-refractivity contribution is -0.152. The molecular formula is C30H36N6O10. The summed E-state index contributed by atoms with van der Waals surface area (Å²) >= 11 is 0. The van der Waals surface area contributed by atoms with E-state index in [4.69, 9.17) is 24.7 Å². The molecule has 16 heteroatoms. The number of benzene rings is 2. The van der Waals surface area contributed by atoms with E-state index in [-0.39, 0.29) is 32.0 Å². The fourth-order valence-electron chi connectivity index (χ4n) is 4.45. The number of aliphatic hydroxyl groups is 2. The van der Waals surface area contributed by atoms with Gasteiger partial charge in [0.1, 0.15) is 50.5 Å². The number of hydrogen-bond acceptors (Lipinski definition) is 12. The number of ether oxygens (including phenoxy) is 4. The van der Waals surface area contributed by atoms with Crippen molar-refractivity contribution in [3.8, 4) is 0 Å². The first-order valence-electron chi connectivity index (χ1n) is 14.5. The number of esters is 1. The molecule has 2 aromatic carbocycles. The van der Waals surface area contributed by atoms with Gasteiger partial charge in [0.2, 0.25) is 5.82 Å². The third-order valence-electron chi connectivity index (χ3n) is 6.91. The molecule has 3 aromatic rings. The van der Waals surface area contributed by atoms with Crippen molar-refractivity contribution in [2.75, 3.05) is 13.2 Å². The molecule has 1 aromatic heterocycles. The number of primary amides is 1. The van der Waals surface area contributed by atoms with E-state index < -0.39 is 61.3 Å². The highest BCUT2D eigenvalue weighted by atomic mass is 16.6. The quantitative estimate of drug-likeness (QED) is 0.0888. The molecule has 2 heterocycles. The van der Waals surface area contributed by atoms with Gasteiger partial charge >= 0.3 is 18.2 Å². The summed E-state index contributed by atoms with van der Waals surface area (Å²) in [7, 11) is 0. The maximum atomic E-state index is 13.1. The van der Waals surface area contributed by atoms with Gasteiger partial charge < -0.3 is 45.5 Å². The molecule has 6 N–H and O–H groups in total. The van der Waals surface area contributed by atoms with Crippen molar-refractivity contribution in [1.82, 2.24) is 25.4 Å².